The third-order valence-corrected chi connectivity index (χ3v) is 6.13. The molecule has 2 amide bonds. The molecule has 1 atom stereocenters. The predicted molar refractivity (Wildman–Crippen MR) is 105 cm³/mol. The lowest BCUT2D eigenvalue weighted by Crippen LogP contribution is -2.57. The Morgan fingerprint density at radius 2 is 1.93 bits per heavy atom. The Morgan fingerprint density at radius 1 is 1.19 bits per heavy atom. The second kappa shape index (κ2) is 8.36. The van der Waals surface area contributed by atoms with Gasteiger partial charge in [0.25, 0.3) is 0 Å². The van der Waals surface area contributed by atoms with Crippen molar-refractivity contribution >= 4 is 12.0 Å². The van der Waals surface area contributed by atoms with Gasteiger partial charge in [-0.25, -0.2) is 4.79 Å². The van der Waals surface area contributed by atoms with E-state index in [1.807, 2.05) is 11.8 Å². The first-order chi connectivity index (χ1) is 13.0. The fraction of sp³-hybridized carbons (Fsp3) is 0.714. The van der Waals surface area contributed by atoms with Crippen LogP contribution in [0.2, 0.25) is 0 Å². The van der Waals surface area contributed by atoms with E-state index in [1.165, 1.54) is 11.4 Å². The van der Waals surface area contributed by atoms with Crippen molar-refractivity contribution in [3.05, 3.63) is 23.5 Å². The molecule has 1 aromatic rings. The zero-order chi connectivity index (χ0) is 19.4. The number of hydrogen-bond donors (Lipinski definition) is 1. The van der Waals surface area contributed by atoms with Gasteiger partial charge >= 0.3 is 12.0 Å². The van der Waals surface area contributed by atoms with Gasteiger partial charge in [-0.2, -0.15) is 0 Å². The van der Waals surface area contributed by atoms with Gasteiger partial charge in [0.15, 0.2) is 0 Å². The molecule has 1 fully saturated rings. The maximum atomic E-state index is 13.3. The quantitative estimate of drug-likeness (QED) is 0.793. The summed E-state index contributed by atoms with van der Waals surface area (Å²) in [6, 6.07) is 4.30. The lowest BCUT2D eigenvalue weighted by molar-refractivity contribution is -0.145. The molecule has 1 saturated carbocycles. The number of nitrogens with zero attached hydrogens (tertiary/aromatic N) is 2. The fourth-order valence-electron chi connectivity index (χ4n) is 4.74. The lowest BCUT2D eigenvalue weighted by Gasteiger charge is -2.42. The van der Waals surface area contributed by atoms with E-state index in [0.717, 1.165) is 45.1 Å². The van der Waals surface area contributed by atoms with Crippen LogP contribution >= 0.6 is 0 Å². The third kappa shape index (κ3) is 4.14. The summed E-state index contributed by atoms with van der Waals surface area (Å²) in [7, 11) is 0. The van der Waals surface area contributed by atoms with Crippen LogP contribution in [0.15, 0.2) is 12.1 Å². The normalized spacial score (nSPS) is 21.4. The molecule has 6 nitrogen and oxygen atoms in total. The van der Waals surface area contributed by atoms with Crippen LogP contribution in [-0.2, 0) is 16.1 Å². The second-order valence-electron chi connectivity index (χ2n) is 7.92. The average Bonchev–Trinajstić information content (AvgIpc) is 3.02. The van der Waals surface area contributed by atoms with E-state index in [2.05, 4.69) is 35.9 Å². The van der Waals surface area contributed by atoms with E-state index < -0.39 is 5.54 Å². The molecule has 0 radical (unpaired) electrons. The standard InChI is InChI=1S/C21H33N3O3/c1-4-17-18-10-9-16(3)23(18)13-14-24(17)20(26)22-21(11-7-6-8-12-21)15-19(25)27-5-2/h9-10,17H,4-8,11-15H2,1-3H3,(H,22,26)/t17-/m0/s1. The van der Waals surface area contributed by atoms with Crippen LogP contribution in [-0.4, -0.2) is 40.2 Å². The summed E-state index contributed by atoms with van der Waals surface area (Å²) in [5.74, 6) is -0.213. The predicted octanol–water partition coefficient (Wildman–Crippen LogP) is 3.93. The number of carbonyl (C=O) groups excluding carboxylic acids is 2. The third-order valence-electron chi connectivity index (χ3n) is 6.13. The average molecular weight is 376 g/mol. The highest BCUT2D eigenvalue weighted by molar-refractivity contribution is 5.78. The first-order valence-electron chi connectivity index (χ1n) is 10.4. The van der Waals surface area contributed by atoms with Gasteiger partial charge in [0, 0.05) is 24.5 Å². The van der Waals surface area contributed by atoms with Crippen LogP contribution < -0.4 is 5.32 Å². The minimum atomic E-state index is -0.463. The summed E-state index contributed by atoms with van der Waals surface area (Å²) in [6.45, 7) is 7.95. The highest BCUT2D eigenvalue weighted by Gasteiger charge is 2.39. The lowest BCUT2D eigenvalue weighted by atomic mass is 9.79. The SMILES string of the molecule is CCOC(=O)CC1(NC(=O)N2CCn3c(C)ccc3[C@@H]2CC)CCCCC1. The molecule has 1 aliphatic heterocycles. The van der Waals surface area contributed by atoms with Crippen molar-refractivity contribution in [2.75, 3.05) is 13.2 Å². The smallest absolute Gasteiger partial charge is 0.318 e. The molecule has 27 heavy (non-hydrogen) atoms. The van der Waals surface area contributed by atoms with E-state index in [-0.39, 0.29) is 24.5 Å². The number of esters is 1. The molecule has 0 unspecified atom stereocenters. The van der Waals surface area contributed by atoms with Crippen molar-refractivity contribution in [1.82, 2.24) is 14.8 Å². The monoisotopic (exact) mass is 375 g/mol. The number of nitrogens with one attached hydrogen (secondary N) is 1. The molecule has 0 spiro atoms. The number of carbonyl (C=O) groups is 2. The number of fused-ring (bicyclic) bond motifs is 1. The van der Waals surface area contributed by atoms with Crippen LogP contribution in [0, 0.1) is 6.92 Å². The first-order valence-corrected chi connectivity index (χ1v) is 10.4. The highest BCUT2D eigenvalue weighted by Crippen LogP contribution is 2.34. The van der Waals surface area contributed by atoms with Crippen molar-refractivity contribution in [2.24, 2.45) is 0 Å². The Kier molecular flexibility index (Phi) is 6.12. The minimum Gasteiger partial charge on any atom is -0.466 e. The molecule has 2 heterocycles. The summed E-state index contributed by atoms with van der Waals surface area (Å²) >= 11 is 0. The van der Waals surface area contributed by atoms with E-state index in [9.17, 15) is 9.59 Å². The van der Waals surface area contributed by atoms with Gasteiger partial charge < -0.3 is 19.5 Å². The largest absolute Gasteiger partial charge is 0.466 e. The zero-order valence-electron chi connectivity index (χ0n) is 16.9. The summed E-state index contributed by atoms with van der Waals surface area (Å²) < 4.78 is 7.49. The molecule has 3 rings (SSSR count). The van der Waals surface area contributed by atoms with Crippen LogP contribution in [0.3, 0.4) is 0 Å². The van der Waals surface area contributed by atoms with Gasteiger partial charge in [-0.05, 0) is 45.2 Å². The Morgan fingerprint density at radius 3 is 2.59 bits per heavy atom. The fourth-order valence-corrected chi connectivity index (χ4v) is 4.74. The summed E-state index contributed by atoms with van der Waals surface area (Å²) in [5.41, 5.74) is 1.99. The van der Waals surface area contributed by atoms with Crippen molar-refractivity contribution < 1.29 is 14.3 Å². The summed E-state index contributed by atoms with van der Waals surface area (Å²) in [5, 5.41) is 3.27. The van der Waals surface area contributed by atoms with Gasteiger partial charge in [-0.3, -0.25) is 4.79 Å². The van der Waals surface area contributed by atoms with E-state index in [0.29, 0.717) is 13.2 Å². The number of aryl methyl sites for hydroxylation is 1. The van der Waals surface area contributed by atoms with Crippen molar-refractivity contribution in [2.45, 2.75) is 83.8 Å². The molecular formula is C21H33N3O3. The van der Waals surface area contributed by atoms with Gasteiger partial charge in [0.1, 0.15) is 0 Å². The van der Waals surface area contributed by atoms with E-state index in [4.69, 9.17) is 4.74 Å². The number of rotatable bonds is 5. The van der Waals surface area contributed by atoms with Gasteiger partial charge in [0.05, 0.1) is 24.6 Å². The highest BCUT2D eigenvalue weighted by atomic mass is 16.5. The van der Waals surface area contributed by atoms with Gasteiger partial charge in [-0.15, -0.1) is 0 Å². The Hall–Kier alpha value is -1.98. The summed E-state index contributed by atoms with van der Waals surface area (Å²) in [4.78, 5) is 27.4. The van der Waals surface area contributed by atoms with Crippen LogP contribution in [0.1, 0.15) is 76.2 Å². The van der Waals surface area contributed by atoms with Crippen molar-refractivity contribution in [3.63, 3.8) is 0 Å². The zero-order valence-corrected chi connectivity index (χ0v) is 16.9. The van der Waals surface area contributed by atoms with Crippen LogP contribution in [0.5, 0.6) is 0 Å². The summed E-state index contributed by atoms with van der Waals surface area (Å²) in [6.07, 6.45) is 6.08. The number of aromatic nitrogens is 1. The minimum absolute atomic E-state index is 0.0434. The second-order valence-corrected chi connectivity index (χ2v) is 7.92. The Labute approximate surface area is 162 Å². The number of amides is 2. The Balaban J connectivity index is 1.76. The van der Waals surface area contributed by atoms with Crippen molar-refractivity contribution in [3.8, 4) is 0 Å². The molecule has 1 aromatic heterocycles. The van der Waals surface area contributed by atoms with Gasteiger partial charge in [-0.1, -0.05) is 26.2 Å². The van der Waals surface area contributed by atoms with Gasteiger partial charge in [0.2, 0.25) is 0 Å². The maximum Gasteiger partial charge on any atom is 0.318 e. The van der Waals surface area contributed by atoms with E-state index in [1.54, 1.807) is 0 Å². The molecule has 6 heteroatoms. The number of urea groups is 1. The van der Waals surface area contributed by atoms with Crippen LogP contribution in [0.25, 0.3) is 0 Å². The molecule has 150 valence electrons. The number of ether oxygens (including phenoxy) is 1. The maximum absolute atomic E-state index is 13.3. The van der Waals surface area contributed by atoms with Crippen LogP contribution in [0.4, 0.5) is 4.79 Å². The molecule has 0 saturated heterocycles. The van der Waals surface area contributed by atoms with Crippen molar-refractivity contribution in [1.29, 1.82) is 0 Å². The molecular weight excluding hydrogens is 342 g/mol. The number of hydrogen-bond acceptors (Lipinski definition) is 3. The molecule has 0 aromatic carbocycles. The molecule has 1 N–H and O–H groups in total. The first kappa shape index (κ1) is 19.8. The molecule has 2 aliphatic rings. The topological polar surface area (TPSA) is 63.6 Å². The van der Waals surface area contributed by atoms with E-state index >= 15 is 0 Å². The Bertz CT molecular complexity index is 676. The molecule has 0 bridgehead atoms. The molecule has 1 aliphatic carbocycles.